The van der Waals surface area contributed by atoms with Crippen LogP contribution < -0.4 is 21.7 Å². The monoisotopic (exact) mass is 307 g/mol. The summed E-state index contributed by atoms with van der Waals surface area (Å²) < 4.78 is 22.5. The second-order valence-corrected chi connectivity index (χ2v) is 5.66. The van der Waals surface area contributed by atoms with E-state index in [0.717, 1.165) is 0 Å². The number of hydrogen-bond acceptors (Lipinski definition) is 6. The zero-order chi connectivity index (χ0) is 15.5. The number of hydrazine groups is 1. The standard InChI is InChI=1S/C12H13N5O3S/c13-17-9-4-5-15-11(7-9)12(18)16-8-2-1-3-10(6-8)21(14,19)20/h1-7H,13H2,(H,15,17)(H,16,18)(H2,14,19,20). The number of carbonyl (C=O) groups is 1. The second kappa shape index (κ2) is 5.87. The maximum Gasteiger partial charge on any atom is 0.274 e. The maximum atomic E-state index is 12.0. The van der Waals surface area contributed by atoms with Gasteiger partial charge in [-0.2, -0.15) is 0 Å². The van der Waals surface area contributed by atoms with Gasteiger partial charge in [0.05, 0.1) is 10.6 Å². The molecule has 1 aromatic heterocycles. The third kappa shape index (κ3) is 3.75. The lowest BCUT2D eigenvalue weighted by atomic mass is 10.2. The minimum Gasteiger partial charge on any atom is -0.324 e. The van der Waals surface area contributed by atoms with E-state index in [-0.39, 0.29) is 10.6 Å². The molecule has 0 saturated heterocycles. The van der Waals surface area contributed by atoms with Crippen molar-refractivity contribution in [2.45, 2.75) is 4.90 Å². The highest BCUT2D eigenvalue weighted by Crippen LogP contribution is 2.15. The van der Waals surface area contributed by atoms with Crippen molar-refractivity contribution in [1.29, 1.82) is 0 Å². The molecule has 0 unspecified atom stereocenters. The smallest absolute Gasteiger partial charge is 0.274 e. The van der Waals surface area contributed by atoms with E-state index < -0.39 is 15.9 Å². The minimum atomic E-state index is -3.83. The van der Waals surface area contributed by atoms with Crippen LogP contribution in [0.5, 0.6) is 0 Å². The average Bonchev–Trinajstić information content (AvgIpc) is 2.46. The third-order valence-electron chi connectivity index (χ3n) is 2.58. The van der Waals surface area contributed by atoms with Crippen molar-refractivity contribution in [3.63, 3.8) is 0 Å². The summed E-state index contributed by atoms with van der Waals surface area (Å²) in [6.07, 6.45) is 1.42. The van der Waals surface area contributed by atoms with Gasteiger partial charge in [-0.3, -0.25) is 15.6 Å². The molecule has 0 aliphatic rings. The van der Waals surface area contributed by atoms with Crippen LogP contribution in [-0.4, -0.2) is 19.3 Å². The zero-order valence-electron chi connectivity index (χ0n) is 10.8. The van der Waals surface area contributed by atoms with Crippen molar-refractivity contribution < 1.29 is 13.2 Å². The Kier molecular flexibility index (Phi) is 4.17. The van der Waals surface area contributed by atoms with E-state index in [0.29, 0.717) is 11.4 Å². The van der Waals surface area contributed by atoms with Gasteiger partial charge in [0, 0.05) is 11.9 Å². The second-order valence-electron chi connectivity index (χ2n) is 4.10. The number of benzene rings is 1. The molecule has 6 N–H and O–H groups in total. The van der Waals surface area contributed by atoms with Crippen LogP contribution in [0.1, 0.15) is 10.5 Å². The van der Waals surface area contributed by atoms with Gasteiger partial charge in [-0.25, -0.2) is 13.6 Å². The van der Waals surface area contributed by atoms with Gasteiger partial charge in [-0.05, 0) is 30.3 Å². The Hall–Kier alpha value is -2.49. The number of carbonyl (C=O) groups excluding carboxylic acids is 1. The number of nitrogens with zero attached hydrogens (tertiary/aromatic N) is 1. The molecule has 2 aromatic rings. The first-order chi connectivity index (χ1) is 9.90. The summed E-state index contributed by atoms with van der Waals surface area (Å²) in [6.45, 7) is 0. The maximum absolute atomic E-state index is 12.0. The van der Waals surface area contributed by atoms with E-state index in [9.17, 15) is 13.2 Å². The van der Waals surface area contributed by atoms with Gasteiger partial charge < -0.3 is 10.7 Å². The van der Waals surface area contributed by atoms with Crippen LogP contribution in [-0.2, 0) is 10.0 Å². The molecular weight excluding hydrogens is 294 g/mol. The number of anilines is 2. The number of sulfonamides is 1. The number of pyridine rings is 1. The van der Waals surface area contributed by atoms with E-state index in [1.54, 1.807) is 6.07 Å². The molecule has 0 atom stereocenters. The Bertz CT molecular complexity index is 776. The first kappa shape index (κ1) is 14.9. The molecule has 0 saturated carbocycles. The SMILES string of the molecule is NNc1ccnc(C(=O)Nc2cccc(S(N)(=O)=O)c2)c1. The van der Waals surface area contributed by atoms with E-state index in [1.807, 2.05) is 0 Å². The highest BCUT2D eigenvalue weighted by molar-refractivity contribution is 7.89. The highest BCUT2D eigenvalue weighted by atomic mass is 32.2. The predicted molar refractivity (Wildman–Crippen MR) is 77.8 cm³/mol. The van der Waals surface area contributed by atoms with Crippen LogP contribution in [0.15, 0.2) is 47.5 Å². The first-order valence-electron chi connectivity index (χ1n) is 5.77. The van der Waals surface area contributed by atoms with Crippen LogP contribution in [0.3, 0.4) is 0 Å². The minimum absolute atomic E-state index is 0.0920. The molecule has 0 spiro atoms. The van der Waals surface area contributed by atoms with Gasteiger partial charge in [-0.1, -0.05) is 6.07 Å². The number of aromatic nitrogens is 1. The summed E-state index contributed by atoms with van der Waals surface area (Å²) in [4.78, 5) is 15.8. The molecule has 21 heavy (non-hydrogen) atoms. The van der Waals surface area contributed by atoms with Crippen molar-refractivity contribution >= 4 is 27.3 Å². The van der Waals surface area contributed by atoms with Crippen LogP contribution in [0.25, 0.3) is 0 Å². The number of nitrogens with one attached hydrogen (secondary N) is 2. The summed E-state index contributed by atoms with van der Waals surface area (Å²) >= 11 is 0. The number of nitrogen functional groups attached to an aromatic ring is 1. The molecule has 0 aliphatic heterocycles. The van der Waals surface area contributed by atoms with Gasteiger partial charge in [-0.15, -0.1) is 0 Å². The molecule has 1 heterocycles. The van der Waals surface area contributed by atoms with Gasteiger partial charge in [0.1, 0.15) is 5.69 Å². The molecule has 110 valence electrons. The van der Waals surface area contributed by atoms with Crippen molar-refractivity contribution in [3.05, 3.63) is 48.3 Å². The van der Waals surface area contributed by atoms with E-state index in [1.165, 1.54) is 36.5 Å². The van der Waals surface area contributed by atoms with Gasteiger partial charge in [0.25, 0.3) is 5.91 Å². The largest absolute Gasteiger partial charge is 0.324 e. The topological polar surface area (TPSA) is 140 Å². The average molecular weight is 307 g/mol. The molecular formula is C12H13N5O3S. The highest BCUT2D eigenvalue weighted by Gasteiger charge is 2.11. The van der Waals surface area contributed by atoms with Crippen LogP contribution in [0.2, 0.25) is 0 Å². The summed E-state index contributed by atoms with van der Waals surface area (Å²) in [5, 5.41) is 7.56. The Morgan fingerprint density at radius 2 is 1.90 bits per heavy atom. The fourth-order valence-corrected chi connectivity index (χ4v) is 2.15. The molecule has 1 aromatic carbocycles. The Labute approximate surface area is 121 Å². The van der Waals surface area contributed by atoms with Gasteiger partial charge in [0.15, 0.2) is 0 Å². The molecule has 0 aliphatic carbocycles. The summed E-state index contributed by atoms with van der Waals surface area (Å²) in [5.74, 6) is 4.75. The van der Waals surface area contributed by atoms with Crippen LogP contribution in [0, 0.1) is 0 Å². The van der Waals surface area contributed by atoms with Crippen molar-refractivity contribution in [2.75, 3.05) is 10.7 Å². The lowest BCUT2D eigenvalue weighted by molar-refractivity contribution is 0.102. The van der Waals surface area contributed by atoms with Crippen LogP contribution >= 0.6 is 0 Å². The molecule has 1 amide bonds. The van der Waals surface area contributed by atoms with Crippen LogP contribution in [0.4, 0.5) is 11.4 Å². The van der Waals surface area contributed by atoms with E-state index in [2.05, 4.69) is 15.7 Å². The number of nitrogens with two attached hydrogens (primary N) is 2. The number of primary sulfonamides is 1. The Balaban J connectivity index is 2.23. The quantitative estimate of drug-likeness (QED) is 0.472. The summed E-state index contributed by atoms with van der Waals surface area (Å²) in [5.41, 5.74) is 3.34. The van der Waals surface area contributed by atoms with Gasteiger partial charge in [0.2, 0.25) is 10.0 Å². The molecule has 2 rings (SSSR count). The normalized spacial score (nSPS) is 11.0. The molecule has 0 fully saturated rings. The predicted octanol–water partition coefficient (Wildman–Crippen LogP) is 0.267. The first-order valence-corrected chi connectivity index (χ1v) is 7.31. The zero-order valence-corrected chi connectivity index (χ0v) is 11.6. The number of rotatable bonds is 4. The molecule has 0 radical (unpaired) electrons. The van der Waals surface area contributed by atoms with E-state index in [4.69, 9.17) is 11.0 Å². The number of amides is 1. The Morgan fingerprint density at radius 1 is 1.14 bits per heavy atom. The summed E-state index contributed by atoms with van der Waals surface area (Å²) in [6, 6.07) is 8.66. The lowest BCUT2D eigenvalue weighted by Gasteiger charge is -2.07. The van der Waals surface area contributed by atoms with E-state index >= 15 is 0 Å². The van der Waals surface area contributed by atoms with Crippen molar-refractivity contribution in [1.82, 2.24) is 4.98 Å². The number of hydrogen-bond donors (Lipinski definition) is 4. The van der Waals surface area contributed by atoms with Crippen molar-refractivity contribution in [3.8, 4) is 0 Å². The van der Waals surface area contributed by atoms with Gasteiger partial charge >= 0.3 is 0 Å². The fraction of sp³-hybridized carbons (Fsp3) is 0. The fourth-order valence-electron chi connectivity index (χ4n) is 1.59. The van der Waals surface area contributed by atoms with Crippen molar-refractivity contribution in [2.24, 2.45) is 11.0 Å². The summed E-state index contributed by atoms with van der Waals surface area (Å²) in [7, 11) is -3.83. The molecule has 8 nitrogen and oxygen atoms in total. The molecule has 0 bridgehead atoms. The Morgan fingerprint density at radius 3 is 2.57 bits per heavy atom. The lowest BCUT2D eigenvalue weighted by Crippen LogP contribution is -2.16. The molecule has 9 heteroatoms. The third-order valence-corrected chi connectivity index (χ3v) is 3.49.